The van der Waals surface area contributed by atoms with Crippen LogP contribution < -0.4 is 0 Å². The zero-order valence-electron chi connectivity index (χ0n) is 9.74. The molecule has 3 atom stereocenters. The lowest BCUT2D eigenvalue weighted by atomic mass is 9.91. The fraction of sp³-hybridized carbons (Fsp3) is 0.538. The molecule has 0 saturated heterocycles. The second-order valence-electron chi connectivity index (χ2n) is 4.11. The zero-order chi connectivity index (χ0) is 12.3. The van der Waals surface area contributed by atoms with E-state index in [9.17, 15) is 4.39 Å². The summed E-state index contributed by atoms with van der Waals surface area (Å²) in [6.07, 6.45) is 1.07. The van der Waals surface area contributed by atoms with E-state index in [2.05, 4.69) is 15.9 Å². The summed E-state index contributed by atoms with van der Waals surface area (Å²) in [5, 5.41) is 0. The van der Waals surface area contributed by atoms with Gasteiger partial charge in [0.15, 0.2) is 0 Å². The number of benzene rings is 1. The van der Waals surface area contributed by atoms with Crippen molar-refractivity contribution in [1.29, 1.82) is 0 Å². The molecule has 0 spiro atoms. The number of rotatable bonds is 5. The quantitative estimate of drug-likeness (QED) is 0.777. The molecule has 0 aromatic heterocycles. The average molecular weight is 303 g/mol. The third-order valence-electron chi connectivity index (χ3n) is 2.95. The Morgan fingerprint density at radius 3 is 2.76 bits per heavy atom. The molecule has 2 rings (SSSR count). The Bertz CT molecular complexity index is 372. The van der Waals surface area contributed by atoms with Crippen molar-refractivity contribution < 1.29 is 13.9 Å². The van der Waals surface area contributed by atoms with Gasteiger partial charge in [0.1, 0.15) is 5.82 Å². The van der Waals surface area contributed by atoms with E-state index in [1.165, 1.54) is 6.07 Å². The average Bonchev–Trinajstić information content (AvgIpc) is 2.33. The van der Waals surface area contributed by atoms with Crippen LogP contribution in [0.4, 0.5) is 4.39 Å². The monoisotopic (exact) mass is 302 g/mol. The second-order valence-corrected chi connectivity index (χ2v) is 5.29. The van der Waals surface area contributed by atoms with Crippen molar-refractivity contribution in [2.75, 3.05) is 6.61 Å². The first-order chi connectivity index (χ1) is 8.22. The lowest BCUT2D eigenvalue weighted by molar-refractivity contribution is -0.124. The summed E-state index contributed by atoms with van der Waals surface area (Å²) in [6.45, 7) is 2.94. The molecule has 0 heterocycles. The molecule has 0 N–H and O–H groups in total. The highest BCUT2D eigenvalue weighted by Crippen LogP contribution is 2.33. The van der Waals surface area contributed by atoms with Crippen LogP contribution in [0.3, 0.4) is 0 Å². The Morgan fingerprint density at radius 2 is 2.12 bits per heavy atom. The van der Waals surface area contributed by atoms with Crippen molar-refractivity contribution in [1.82, 2.24) is 0 Å². The van der Waals surface area contributed by atoms with Crippen molar-refractivity contribution in [3.63, 3.8) is 0 Å². The summed E-state index contributed by atoms with van der Waals surface area (Å²) < 4.78 is 24.6. The number of halogens is 2. The molecule has 0 aliphatic heterocycles. The first-order valence-corrected chi connectivity index (χ1v) is 6.74. The maximum Gasteiger partial charge on any atom is 0.128 e. The van der Waals surface area contributed by atoms with Crippen LogP contribution >= 0.6 is 15.9 Å². The molecule has 3 unspecified atom stereocenters. The van der Waals surface area contributed by atoms with Gasteiger partial charge < -0.3 is 9.47 Å². The molecular formula is C13H16BrFO2. The van der Waals surface area contributed by atoms with Crippen LogP contribution in [0.15, 0.2) is 24.3 Å². The summed E-state index contributed by atoms with van der Waals surface area (Å²) in [5.41, 5.74) is 0.598. The fourth-order valence-electron chi connectivity index (χ4n) is 1.91. The predicted octanol–water partition coefficient (Wildman–Crippen LogP) is 3.28. The summed E-state index contributed by atoms with van der Waals surface area (Å²) >= 11 is 3.53. The molecule has 1 fully saturated rings. The van der Waals surface area contributed by atoms with Crippen LogP contribution in [0, 0.1) is 5.82 Å². The van der Waals surface area contributed by atoms with Gasteiger partial charge >= 0.3 is 0 Å². The van der Waals surface area contributed by atoms with Crippen LogP contribution in [-0.4, -0.2) is 23.6 Å². The smallest absolute Gasteiger partial charge is 0.128 e. The number of alkyl halides is 1. The Morgan fingerprint density at radius 1 is 1.35 bits per heavy atom. The van der Waals surface area contributed by atoms with E-state index in [1.807, 2.05) is 13.0 Å². The highest BCUT2D eigenvalue weighted by atomic mass is 79.9. The molecule has 1 saturated carbocycles. The third-order valence-corrected chi connectivity index (χ3v) is 3.85. The van der Waals surface area contributed by atoms with E-state index in [1.54, 1.807) is 12.1 Å². The summed E-state index contributed by atoms with van der Waals surface area (Å²) in [5.74, 6) is -0.213. The minimum Gasteiger partial charge on any atom is -0.375 e. The van der Waals surface area contributed by atoms with Gasteiger partial charge in [-0.1, -0.05) is 34.1 Å². The number of ether oxygens (including phenoxy) is 2. The SMILES string of the molecule is CCOC1C(Br)CC1OCc1ccccc1F. The topological polar surface area (TPSA) is 18.5 Å². The van der Waals surface area contributed by atoms with E-state index in [4.69, 9.17) is 9.47 Å². The summed E-state index contributed by atoms with van der Waals surface area (Å²) in [4.78, 5) is 0.355. The van der Waals surface area contributed by atoms with Crippen molar-refractivity contribution in [3.8, 4) is 0 Å². The Labute approximate surface area is 109 Å². The van der Waals surface area contributed by atoms with Gasteiger partial charge in [-0.15, -0.1) is 0 Å². The van der Waals surface area contributed by atoms with Crippen molar-refractivity contribution in [2.45, 2.75) is 37.0 Å². The van der Waals surface area contributed by atoms with Crippen LogP contribution in [-0.2, 0) is 16.1 Å². The predicted molar refractivity (Wildman–Crippen MR) is 67.7 cm³/mol. The van der Waals surface area contributed by atoms with Crippen LogP contribution in [0.5, 0.6) is 0 Å². The van der Waals surface area contributed by atoms with E-state index in [-0.39, 0.29) is 18.0 Å². The van der Waals surface area contributed by atoms with Gasteiger partial charge in [-0.3, -0.25) is 0 Å². The van der Waals surface area contributed by atoms with Gasteiger partial charge in [0.25, 0.3) is 0 Å². The normalized spacial score (nSPS) is 27.8. The molecule has 94 valence electrons. The van der Waals surface area contributed by atoms with E-state index in [0.717, 1.165) is 6.42 Å². The summed E-state index contributed by atoms with van der Waals surface area (Å²) in [6, 6.07) is 6.69. The Hall–Kier alpha value is -0.450. The lowest BCUT2D eigenvalue weighted by Gasteiger charge is -2.40. The maximum absolute atomic E-state index is 13.4. The standard InChI is InChI=1S/C13H16BrFO2/c1-2-16-13-10(14)7-12(13)17-8-9-5-3-4-6-11(9)15/h3-6,10,12-13H,2,7-8H2,1H3. The highest BCUT2D eigenvalue weighted by Gasteiger charge is 2.41. The van der Waals surface area contributed by atoms with Gasteiger partial charge in [0, 0.05) is 17.0 Å². The number of hydrogen-bond acceptors (Lipinski definition) is 2. The highest BCUT2D eigenvalue weighted by molar-refractivity contribution is 9.09. The van der Waals surface area contributed by atoms with Crippen molar-refractivity contribution in [2.24, 2.45) is 0 Å². The third kappa shape index (κ3) is 3.06. The molecule has 0 bridgehead atoms. The lowest BCUT2D eigenvalue weighted by Crippen LogP contribution is -2.50. The fourth-order valence-corrected chi connectivity index (χ4v) is 2.77. The minimum atomic E-state index is -0.213. The number of hydrogen-bond donors (Lipinski definition) is 0. The van der Waals surface area contributed by atoms with Crippen LogP contribution in [0.2, 0.25) is 0 Å². The first-order valence-electron chi connectivity index (χ1n) is 5.83. The molecule has 1 aliphatic rings. The van der Waals surface area contributed by atoms with Gasteiger partial charge in [0.05, 0.1) is 18.8 Å². The van der Waals surface area contributed by atoms with Crippen molar-refractivity contribution >= 4 is 15.9 Å². The van der Waals surface area contributed by atoms with E-state index in [0.29, 0.717) is 23.6 Å². The molecule has 0 amide bonds. The molecule has 1 aromatic rings. The van der Waals surface area contributed by atoms with E-state index >= 15 is 0 Å². The zero-order valence-corrected chi connectivity index (χ0v) is 11.3. The Balaban J connectivity index is 1.85. The van der Waals surface area contributed by atoms with Gasteiger partial charge in [-0.2, -0.15) is 0 Å². The van der Waals surface area contributed by atoms with Crippen LogP contribution in [0.1, 0.15) is 18.9 Å². The van der Waals surface area contributed by atoms with Gasteiger partial charge in [-0.25, -0.2) is 4.39 Å². The molecule has 4 heteroatoms. The van der Waals surface area contributed by atoms with E-state index < -0.39 is 0 Å². The maximum atomic E-state index is 13.4. The largest absolute Gasteiger partial charge is 0.375 e. The molecule has 17 heavy (non-hydrogen) atoms. The summed E-state index contributed by atoms with van der Waals surface area (Å²) in [7, 11) is 0. The minimum absolute atomic E-state index is 0.0685. The first kappa shape index (κ1) is 13.0. The molecule has 2 nitrogen and oxygen atoms in total. The van der Waals surface area contributed by atoms with Gasteiger partial charge in [0.2, 0.25) is 0 Å². The van der Waals surface area contributed by atoms with Gasteiger partial charge in [-0.05, 0) is 19.4 Å². The molecule has 1 aromatic carbocycles. The molecule has 0 radical (unpaired) electrons. The molecule has 1 aliphatic carbocycles. The van der Waals surface area contributed by atoms with Crippen LogP contribution in [0.25, 0.3) is 0 Å². The Kier molecular flexibility index (Phi) is 4.54. The second kappa shape index (κ2) is 5.94. The van der Waals surface area contributed by atoms with Crippen molar-refractivity contribution in [3.05, 3.63) is 35.6 Å². The molecular weight excluding hydrogens is 287 g/mol.